The lowest BCUT2D eigenvalue weighted by molar-refractivity contribution is -0.483. The smallest absolute Gasteiger partial charge is 0.269 e. The summed E-state index contributed by atoms with van der Waals surface area (Å²) in [5.41, 5.74) is 0.817. The van der Waals surface area contributed by atoms with Crippen molar-refractivity contribution in [2.75, 3.05) is 6.54 Å². The van der Waals surface area contributed by atoms with Crippen LogP contribution >= 0.6 is 15.9 Å². The zero-order chi connectivity index (χ0) is 17.7. The second-order valence-electron chi connectivity index (χ2n) is 5.10. The maximum absolute atomic E-state index is 12.5. The standard InChI is InChI=1S/C16H13BrN2O5/c17-15(16(20)12-4-2-1-3-5-12)14(10-18(21)22)11-6-8-13(9-7-11)19(23)24/h1-9,14-15H,10H2/t14-,15-/m1/s1. The molecule has 2 rings (SSSR count). The molecule has 2 aromatic carbocycles. The molecule has 0 N–H and O–H groups in total. The van der Waals surface area contributed by atoms with E-state index in [9.17, 15) is 25.0 Å². The van der Waals surface area contributed by atoms with E-state index in [-0.39, 0.29) is 11.5 Å². The van der Waals surface area contributed by atoms with E-state index in [2.05, 4.69) is 15.9 Å². The number of hydrogen-bond donors (Lipinski definition) is 0. The number of nitro groups is 2. The van der Waals surface area contributed by atoms with Gasteiger partial charge in [0.25, 0.3) is 5.69 Å². The number of nitro benzene ring substituents is 1. The van der Waals surface area contributed by atoms with E-state index in [0.29, 0.717) is 11.1 Å². The third-order valence-electron chi connectivity index (χ3n) is 3.54. The molecule has 24 heavy (non-hydrogen) atoms. The fourth-order valence-electron chi connectivity index (χ4n) is 2.32. The number of carbonyl (C=O) groups excluding carboxylic acids is 1. The Morgan fingerprint density at radius 2 is 1.58 bits per heavy atom. The zero-order valence-electron chi connectivity index (χ0n) is 12.4. The SMILES string of the molecule is O=C(c1ccccc1)[C@H](Br)[C@H](C[N+](=O)[O-])c1ccc([N+](=O)[O-])cc1. The lowest BCUT2D eigenvalue weighted by Gasteiger charge is -2.18. The minimum atomic E-state index is -0.813. The van der Waals surface area contributed by atoms with Crippen LogP contribution in [0.2, 0.25) is 0 Å². The second kappa shape index (κ2) is 7.78. The molecule has 0 aliphatic rings. The number of benzene rings is 2. The summed E-state index contributed by atoms with van der Waals surface area (Å²) in [4.78, 5) is 32.4. The Morgan fingerprint density at radius 1 is 1.00 bits per heavy atom. The minimum absolute atomic E-state index is 0.112. The van der Waals surface area contributed by atoms with Crippen LogP contribution < -0.4 is 0 Å². The summed E-state index contributed by atoms with van der Waals surface area (Å²) in [6, 6.07) is 13.9. The lowest BCUT2D eigenvalue weighted by Crippen LogP contribution is -2.28. The minimum Gasteiger partial charge on any atom is -0.293 e. The normalized spacial score (nSPS) is 13.0. The molecule has 0 aliphatic carbocycles. The molecule has 0 saturated heterocycles. The second-order valence-corrected chi connectivity index (χ2v) is 6.09. The number of halogens is 1. The molecule has 0 unspecified atom stereocenters. The van der Waals surface area contributed by atoms with E-state index in [1.807, 2.05) is 0 Å². The number of ketones is 1. The van der Waals surface area contributed by atoms with Gasteiger partial charge in [-0.3, -0.25) is 25.0 Å². The Bertz CT molecular complexity index is 749. The molecule has 2 aromatic rings. The van der Waals surface area contributed by atoms with E-state index in [1.165, 1.54) is 24.3 Å². The molecule has 0 fully saturated rings. The van der Waals surface area contributed by atoms with E-state index >= 15 is 0 Å². The predicted molar refractivity (Wildman–Crippen MR) is 91.2 cm³/mol. The number of Topliss-reactive ketones (excluding diaryl/α,β-unsaturated/α-hetero) is 1. The van der Waals surface area contributed by atoms with Crippen LogP contribution in [0.1, 0.15) is 21.8 Å². The summed E-state index contributed by atoms with van der Waals surface area (Å²) >= 11 is 3.27. The fourth-order valence-corrected chi connectivity index (χ4v) is 3.05. The molecule has 0 heterocycles. The average molecular weight is 393 g/mol. The van der Waals surface area contributed by atoms with Crippen molar-refractivity contribution in [2.45, 2.75) is 10.7 Å². The van der Waals surface area contributed by atoms with Gasteiger partial charge in [-0.1, -0.05) is 58.4 Å². The van der Waals surface area contributed by atoms with Gasteiger partial charge in [0.05, 0.1) is 15.7 Å². The first kappa shape index (κ1) is 17.7. The van der Waals surface area contributed by atoms with Gasteiger partial charge in [0.1, 0.15) is 0 Å². The van der Waals surface area contributed by atoms with Crippen molar-refractivity contribution in [3.8, 4) is 0 Å². The quantitative estimate of drug-likeness (QED) is 0.309. The summed E-state index contributed by atoms with van der Waals surface area (Å²) in [6.07, 6.45) is 0. The number of rotatable bonds is 7. The third kappa shape index (κ3) is 4.23. The Hall–Kier alpha value is -2.61. The van der Waals surface area contributed by atoms with Crippen molar-refractivity contribution < 1.29 is 14.6 Å². The molecule has 124 valence electrons. The van der Waals surface area contributed by atoms with Crippen LogP contribution in [0, 0.1) is 20.2 Å². The highest BCUT2D eigenvalue weighted by molar-refractivity contribution is 9.10. The maximum Gasteiger partial charge on any atom is 0.269 e. The fraction of sp³-hybridized carbons (Fsp3) is 0.188. The molecule has 0 amide bonds. The number of hydrogen-bond acceptors (Lipinski definition) is 5. The summed E-state index contributed by atoms with van der Waals surface area (Å²) in [6.45, 7) is -0.466. The number of nitrogens with zero attached hydrogens (tertiary/aromatic N) is 2. The van der Waals surface area contributed by atoms with Crippen molar-refractivity contribution >= 4 is 27.4 Å². The highest BCUT2D eigenvalue weighted by Crippen LogP contribution is 2.29. The first-order valence-electron chi connectivity index (χ1n) is 6.99. The molecule has 0 saturated carbocycles. The van der Waals surface area contributed by atoms with Gasteiger partial charge in [-0.05, 0) is 5.56 Å². The van der Waals surface area contributed by atoms with Crippen molar-refractivity contribution in [2.24, 2.45) is 0 Å². The predicted octanol–water partition coefficient (Wildman–Crippen LogP) is 3.60. The topological polar surface area (TPSA) is 103 Å². The highest BCUT2D eigenvalue weighted by atomic mass is 79.9. The van der Waals surface area contributed by atoms with E-state index in [0.717, 1.165) is 0 Å². The Morgan fingerprint density at radius 3 is 2.08 bits per heavy atom. The Kier molecular flexibility index (Phi) is 5.75. The molecule has 8 heteroatoms. The molecular weight excluding hydrogens is 380 g/mol. The summed E-state index contributed by atoms with van der Waals surface area (Å²) < 4.78 is 0. The molecule has 2 atom stereocenters. The van der Waals surface area contributed by atoms with Crippen LogP contribution in [0.25, 0.3) is 0 Å². The van der Waals surface area contributed by atoms with Crippen LogP contribution in [0.15, 0.2) is 54.6 Å². The van der Waals surface area contributed by atoms with E-state index < -0.39 is 27.1 Å². The van der Waals surface area contributed by atoms with E-state index in [1.54, 1.807) is 30.3 Å². The van der Waals surface area contributed by atoms with Crippen LogP contribution in [0.4, 0.5) is 5.69 Å². The number of non-ortho nitro benzene ring substituents is 1. The average Bonchev–Trinajstić information content (AvgIpc) is 2.59. The molecule has 0 radical (unpaired) electrons. The van der Waals surface area contributed by atoms with Crippen molar-refractivity contribution in [1.29, 1.82) is 0 Å². The van der Waals surface area contributed by atoms with Crippen LogP contribution in [-0.2, 0) is 0 Å². The zero-order valence-corrected chi connectivity index (χ0v) is 14.0. The first-order chi connectivity index (χ1) is 11.4. The monoisotopic (exact) mass is 392 g/mol. The molecule has 0 aromatic heterocycles. The van der Waals surface area contributed by atoms with E-state index in [4.69, 9.17) is 0 Å². The molecule has 0 spiro atoms. The largest absolute Gasteiger partial charge is 0.293 e. The highest BCUT2D eigenvalue weighted by Gasteiger charge is 2.32. The molecule has 0 bridgehead atoms. The van der Waals surface area contributed by atoms with Crippen LogP contribution in [0.3, 0.4) is 0 Å². The van der Waals surface area contributed by atoms with Crippen molar-refractivity contribution in [3.63, 3.8) is 0 Å². The Labute approximate surface area is 145 Å². The van der Waals surface area contributed by atoms with Gasteiger partial charge in [-0.25, -0.2) is 0 Å². The number of carbonyl (C=O) groups is 1. The lowest BCUT2D eigenvalue weighted by atomic mass is 9.91. The van der Waals surface area contributed by atoms with Gasteiger partial charge >= 0.3 is 0 Å². The maximum atomic E-state index is 12.5. The number of alkyl halides is 1. The summed E-state index contributed by atoms with van der Waals surface area (Å²) in [5, 5.41) is 21.7. The van der Waals surface area contributed by atoms with Gasteiger partial charge in [0.2, 0.25) is 6.54 Å². The Balaban J connectivity index is 2.32. The van der Waals surface area contributed by atoms with Crippen molar-refractivity contribution in [3.05, 3.63) is 86.0 Å². The summed E-state index contributed by atoms with van der Waals surface area (Å²) in [5.74, 6) is -1.02. The van der Waals surface area contributed by atoms with Gasteiger partial charge in [0, 0.05) is 22.6 Å². The van der Waals surface area contributed by atoms with Crippen LogP contribution in [-0.4, -0.2) is 27.0 Å². The van der Waals surface area contributed by atoms with Crippen LogP contribution in [0.5, 0.6) is 0 Å². The van der Waals surface area contributed by atoms with Gasteiger partial charge < -0.3 is 0 Å². The van der Waals surface area contributed by atoms with Gasteiger partial charge in [0.15, 0.2) is 5.78 Å². The third-order valence-corrected chi connectivity index (χ3v) is 4.59. The molecular formula is C16H13BrN2O5. The first-order valence-corrected chi connectivity index (χ1v) is 7.91. The molecule has 7 nitrogen and oxygen atoms in total. The summed E-state index contributed by atoms with van der Waals surface area (Å²) in [7, 11) is 0. The van der Waals surface area contributed by atoms with Crippen molar-refractivity contribution in [1.82, 2.24) is 0 Å². The van der Waals surface area contributed by atoms with Gasteiger partial charge in [-0.15, -0.1) is 0 Å². The van der Waals surface area contributed by atoms with Gasteiger partial charge in [-0.2, -0.15) is 0 Å². The molecule has 0 aliphatic heterocycles.